The van der Waals surface area contributed by atoms with Crippen LogP contribution in [-0.4, -0.2) is 16.0 Å². The largest absolute Gasteiger partial charge is 0.437 e. The van der Waals surface area contributed by atoms with Gasteiger partial charge in [0.05, 0.1) is 11.9 Å². The van der Waals surface area contributed by atoms with E-state index in [-0.39, 0.29) is 0 Å². The number of nitrogens with one attached hydrogen (secondary N) is 1. The first-order valence-electron chi connectivity index (χ1n) is 6.27. The molecule has 0 atom stereocenters. The second-order valence-corrected chi connectivity index (χ2v) is 5.48. The van der Waals surface area contributed by atoms with E-state index in [1.807, 2.05) is 24.3 Å². The van der Waals surface area contributed by atoms with Crippen LogP contribution in [0.3, 0.4) is 0 Å². The lowest BCUT2D eigenvalue weighted by Crippen LogP contribution is -2.16. The molecule has 1 aromatic carbocycles. The van der Waals surface area contributed by atoms with Gasteiger partial charge < -0.3 is 10.1 Å². The lowest BCUT2D eigenvalue weighted by molar-refractivity contribution is 0.456. The molecule has 1 aromatic heterocycles. The number of hydrogen-bond donors (Lipinski definition) is 1. The fraction of sp³-hybridized carbons (Fsp3) is 0.286. The van der Waals surface area contributed by atoms with Crippen molar-refractivity contribution in [3.05, 3.63) is 46.8 Å². The zero-order valence-electron chi connectivity index (χ0n) is 10.3. The molecule has 0 amide bonds. The van der Waals surface area contributed by atoms with Crippen molar-refractivity contribution < 1.29 is 4.74 Å². The third-order valence-electron chi connectivity index (χ3n) is 2.85. The lowest BCUT2D eigenvalue weighted by atomic mass is 10.3. The van der Waals surface area contributed by atoms with Crippen molar-refractivity contribution in [3.8, 4) is 11.6 Å². The van der Waals surface area contributed by atoms with Gasteiger partial charge in [-0.05, 0) is 37.1 Å². The Labute approximate surface area is 120 Å². The highest BCUT2D eigenvalue weighted by Crippen LogP contribution is 2.22. The molecule has 0 saturated heterocycles. The summed E-state index contributed by atoms with van der Waals surface area (Å²) >= 11 is 3.39. The standard InChI is InChI=1S/C14H14BrN3O/c15-10-1-5-13(6-2-10)19-14-9-16-7-12(18-14)8-17-11-3-4-11/h1-2,5-7,9,11,17H,3-4,8H2. The van der Waals surface area contributed by atoms with Crippen LogP contribution in [0.4, 0.5) is 0 Å². The number of nitrogens with zero attached hydrogens (tertiary/aromatic N) is 2. The third kappa shape index (κ3) is 3.75. The molecule has 3 rings (SSSR count). The number of benzene rings is 1. The number of halogens is 1. The summed E-state index contributed by atoms with van der Waals surface area (Å²) in [6.07, 6.45) is 5.93. The first-order chi connectivity index (χ1) is 9.29. The fourth-order valence-corrected chi connectivity index (χ4v) is 1.94. The van der Waals surface area contributed by atoms with Crippen LogP contribution in [0.25, 0.3) is 0 Å². The molecular weight excluding hydrogens is 306 g/mol. The number of hydrogen-bond acceptors (Lipinski definition) is 4. The average Bonchev–Trinajstić information content (AvgIpc) is 3.24. The summed E-state index contributed by atoms with van der Waals surface area (Å²) in [7, 11) is 0. The predicted octanol–water partition coefficient (Wildman–Crippen LogP) is 3.28. The second kappa shape index (κ2) is 5.67. The van der Waals surface area contributed by atoms with E-state index < -0.39 is 0 Å². The molecule has 1 saturated carbocycles. The van der Waals surface area contributed by atoms with Gasteiger partial charge in [-0.1, -0.05) is 15.9 Å². The van der Waals surface area contributed by atoms with Gasteiger partial charge in [-0.3, -0.25) is 4.98 Å². The highest BCUT2D eigenvalue weighted by atomic mass is 79.9. The number of aromatic nitrogens is 2. The first kappa shape index (κ1) is 12.6. The van der Waals surface area contributed by atoms with E-state index in [2.05, 4.69) is 31.2 Å². The van der Waals surface area contributed by atoms with Gasteiger partial charge in [-0.15, -0.1) is 0 Å². The van der Waals surface area contributed by atoms with Crippen LogP contribution < -0.4 is 10.1 Å². The zero-order valence-corrected chi connectivity index (χ0v) is 11.9. The van der Waals surface area contributed by atoms with Crippen molar-refractivity contribution in [1.29, 1.82) is 0 Å². The molecule has 98 valence electrons. The van der Waals surface area contributed by atoms with Crippen molar-refractivity contribution in [2.24, 2.45) is 0 Å². The molecule has 0 unspecified atom stereocenters. The maximum atomic E-state index is 5.67. The summed E-state index contributed by atoms with van der Waals surface area (Å²) in [5, 5.41) is 3.41. The third-order valence-corrected chi connectivity index (χ3v) is 3.38. The topological polar surface area (TPSA) is 47.0 Å². The molecule has 0 radical (unpaired) electrons. The molecule has 4 nitrogen and oxygen atoms in total. The molecule has 2 aromatic rings. The summed E-state index contributed by atoms with van der Waals surface area (Å²) in [5.41, 5.74) is 0.904. The van der Waals surface area contributed by atoms with E-state index >= 15 is 0 Å². The Hall–Kier alpha value is -1.46. The van der Waals surface area contributed by atoms with Gasteiger partial charge in [0.2, 0.25) is 5.88 Å². The van der Waals surface area contributed by atoms with E-state index in [9.17, 15) is 0 Å². The lowest BCUT2D eigenvalue weighted by Gasteiger charge is -2.06. The first-order valence-corrected chi connectivity index (χ1v) is 7.06. The van der Waals surface area contributed by atoms with Crippen molar-refractivity contribution in [2.75, 3.05) is 0 Å². The Balaban J connectivity index is 1.66. The molecule has 1 aliphatic rings. The number of rotatable bonds is 5. The van der Waals surface area contributed by atoms with Crippen LogP contribution in [-0.2, 0) is 6.54 Å². The molecule has 0 bridgehead atoms. The Kier molecular flexibility index (Phi) is 3.75. The van der Waals surface area contributed by atoms with Gasteiger partial charge in [0.15, 0.2) is 0 Å². The average molecular weight is 320 g/mol. The normalized spacial score (nSPS) is 14.4. The molecular formula is C14H14BrN3O. The van der Waals surface area contributed by atoms with Crippen molar-refractivity contribution in [1.82, 2.24) is 15.3 Å². The minimum atomic E-state index is 0.525. The molecule has 0 spiro atoms. The smallest absolute Gasteiger partial charge is 0.238 e. The number of ether oxygens (including phenoxy) is 1. The summed E-state index contributed by atoms with van der Waals surface area (Å²) in [6, 6.07) is 8.31. The predicted molar refractivity (Wildman–Crippen MR) is 76.1 cm³/mol. The maximum Gasteiger partial charge on any atom is 0.238 e. The van der Waals surface area contributed by atoms with Gasteiger partial charge in [0.25, 0.3) is 0 Å². The van der Waals surface area contributed by atoms with Crippen LogP contribution in [0.1, 0.15) is 18.5 Å². The minimum Gasteiger partial charge on any atom is -0.437 e. The van der Waals surface area contributed by atoms with E-state index in [1.165, 1.54) is 12.8 Å². The summed E-state index contributed by atoms with van der Waals surface area (Å²) in [4.78, 5) is 8.59. The highest BCUT2D eigenvalue weighted by molar-refractivity contribution is 9.10. The van der Waals surface area contributed by atoms with E-state index in [1.54, 1.807) is 12.4 Å². The van der Waals surface area contributed by atoms with E-state index in [0.717, 1.165) is 22.5 Å². The van der Waals surface area contributed by atoms with Crippen molar-refractivity contribution in [2.45, 2.75) is 25.4 Å². The second-order valence-electron chi connectivity index (χ2n) is 4.56. The maximum absolute atomic E-state index is 5.67. The molecule has 0 aliphatic heterocycles. The molecule has 19 heavy (non-hydrogen) atoms. The Morgan fingerprint density at radius 1 is 1.21 bits per heavy atom. The summed E-state index contributed by atoms with van der Waals surface area (Å²) in [5.74, 6) is 1.28. The monoisotopic (exact) mass is 319 g/mol. The van der Waals surface area contributed by atoms with E-state index in [0.29, 0.717) is 11.9 Å². The molecule has 1 heterocycles. The summed E-state index contributed by atoms with van der Waals surface area (Å²) < 4.78 is 6.70. The summed E-state index contributed by atoms with van der Waals surface area (Å²) in [6.45, 7) is 0.745. The Bertz CT molecular complexity index is 555. The van der Waals surface area contributed by atoms with Crippen LogP contribution in [0.15, 0.2) is 41.1 Å². The van der Waals surface area contributed by atoms with Crippen LogP contribution in [0.5, 0.6) is 11.6 Å². The molecule has 1 aliphatic carbocycles. The highest BCUT2D eigenvalue weighted by Gasteiger charge is 2.20. The van der Waals surface area contributed by atoms with Gasteiger partial charge in [0, 0.05) is 23.3 Å². The SMILES string of the molecule is Brc1ccc(Oc2cncc(CNC3CC3)n2)cc1. The van der Waals surface area contributed by atoms with E-state index in [4.69, 9.17) is 4.74 Å². The van der Waals surface area contributed by atoms with Crippen molar-refractivity contribution >= 4 is 15.9 Å². The quantitative estimate of drug-likeness (QED) is 0.918. The molecule has 5 heteroatoms. The Morgan fingerprint density at radius 3 is 2.74 bits per heavy atom. The molecule has 1 N–H and O–H groups in total. The van der Waals surface area contributed by atoms with Gasteiger partial charge in [-0.25, -0.2) is 4.98 Å². The van der Waals surface area contributed by atoms with Crippen LogP contribution >= 0.6 is 15.9 Å². The zero-order chi connectivity index (χ0) is 13.1. The van der Waals surface area contributed by atoms with Crippen LogP contribution in [0.2, 0.25) is 0 Å². The van der Waals surface area contributed by atoms with Gasteiger partial charge in [0.1, 0.15) is 5.75 Å². The van der Waals surface area contributed by atoms with Crippen LogP contribution in [0, 0.1) is 0 Å². The Morgan fingerprint density at radius 2 is 2.00 bits per heavy atom. The van der Waals surface area contributed by atoms with Gasteiger partial charge >= 0.3 is 0 Å². The molecule has 1 fully saturated rings. The van der Waals surface area contributed by atoms with Gasteiger partial charge in [-0.2, -0.15) is 0 Å². The minimum absolute atomic E-state index is 0.525. The van der Waals surface area contributed by atoms with Crippen molar-refractivity contribution in [3.63, 3.8) is 0 Å². The fourth-order valence-electron chi connectivity index (χ4n) is 1.68.